The summed E-state index contributed by atoms with van der Waals surface area (Å²) in [6.45, 7) is 0. The van der Waals surface area contributed by atoms with Crippen LogP contribution in [0.2, 0.25) is 5.02 Å². The third kappa shape index (κ3) is 3.09. The molecular weight excluding hydrogens is 574 g/mol. The Morgan fingerprint density at radius 2 is 1.23 bits per heavy atom. The number of halogens is 2. The summed E-state index contributed by atoms with van der Waals surface area (Å²) in [5.74, 6) is 0. The highest BCUT2D eigenvalue weighted by molar-refractivity contribution is 9.10. The standard InChI is InChI=1S/C37H23BrClN/c38-30-18-11-17-28-34-29(37(35(28)30,24-12-3-1-4-13-24)25-14-5-2-6-15-25)23-22-27-26-16-7-9-20-32(26)40(36(27)34)33-21-10-8-19-31(33)39/h1-23H. The minimum absolute atomic E-state index is 0.497. The van der Waals surface area contributed by atoms with Crippen molar-refractivity contribution in [3.63, 3.8) is 0 Å². The van der Waals surface area contributed by atoms with Gasteiger partial charge >= 0.3 is 0 Å². The van der Waals surface area contributed by atoms with Crippen molar-refractivity contribution in [1.29, 1.82) is 0 Å². The molecule has 3 heteroatoms. The molecule has 1 heterocycles. The predicted molar refractivity (Wildman–Crippen MR) is 171 cm³/mol. The molecule has 1 aliphatic rings. The number of benzene rings is 6. The van der Waals surface area contributed by atoms with Gasteiger partial charge in [0, 0.05) is 20.8 Å². The summed E-state index contributed by atoms with van der Waals surface area (Å²) in [4.78, 5) is 0. The summed E-state index contributed by atoms with van der Waals surface area (Å²) in [7, 11) is 0. The van der Waals surface area contributed by atoms with Crippen LogP contribution < -0.4 is 0 Å². The van der Waals surface area contributed by atoms with E-state index in [9.17, 15) is 0 Å². The summed E-state index contributed by atoms with van der Waals surface area (Å²) in [5.41, 5.74) is 10.3. The molecule has 0 radical (unpaired) electrons. The van der Waals surface area contributed by atoms with Gasteiger partial charge in [0.1, 0.15) is 0 Å². The van der Waals surface area contributed by atoms with Crippen LogP contribution in [-0.4, -0.2) is 4.57 Å². The molecular formula is C37H23BrClN. The highest BCUT2D eigenvalue weighted by atomic mass is 79.9. The Morgan fingerprint density at radius 1 is 0.575 bits per heavy atom. The zero-order valence-electron chi connectivity index (χ0n) is 21.5. The molecule has 0 atom stereocenters. The third-order valence-electron chi connectivity index (χ3n) is 8.41. The van der Waals surface area contributed by atoms with E-state index in [0.717, 1.165) is 20.7 Å². The van der Waals surface area contributed by atoms with Gasteiger partial charge in [0.25, 0.3) is 0 Å². The fraction of sp³-hybridized carbons (Fsp3) is 0.0270. The molecule has 0 fully saturated rings. The zero-order valence-corrected chi connectivity index (χ0v) is 23.8. The number of rotatable bonds is 3. The summed E-state index contributed by atoms with van der Waals surface area (Å²) in [5, 5.41) is 3.17. The largest absolute Gasteiger partial charge is 0.307 e. The van der Waals surface area contributed by atoms with Crippen molar-refractivity contribution in [3.05, 3.63) is 171 Å². The number of aromatic nitrogens is 1. The van der Waals surface area contributed by atoms with Gasteiger partial charge in [-0.25, -0.2) is 0 Å². The van der Waals surface area contributed by atoms with E-state index in [2.05, 4.69) is 148 Å². The number of hydrogen-bond acceptors (Lipinski definition) is 0. The lowest BCUT2D eigenvalue weighted by atomic mass is 9.67. The van der Waals surface area contributed by atoms with Gasteiger partial charge in [-0.3, -0.25) is 0 Å². The molecule has 8 rings (SSSR count). The Morgan fingerprint density at radius 3 is 1.95 bits per heavy atom. The minimum Gasteiger partial charge on any atom is -0.307 e. The van der Waals surface area contributed by atoms with Crippen molar-refractivity contribution >= 4 is 49.3 Å². The molecule has 0 N–H and O–H groups in total. The van der Waals surface area contributed by atoms with Crippen molar-refractivity contribution in [2.45, 2.75) is 5.41 Å². The molecule has 6 aromatic carbocycles. The Bertz CT molecular complexity index is 2040. The second-order valence-electron chi connectivity index (χ2n) is 10.3. The molecule has 7 aromatic rings. The maximum Gasteiger partial charge on any atom is 0.0725 e. The smallest absolute Gasteiger partial charge is 0.0725 e. The van der Waals surface area contributed by atoms with Crippen LogP contribution in [0.1, 0.15) is 22.3 Å². The molecule has 0 bridgehead atoms. The number of para-hydroxylation sites is 2. The fourth-order valence-electron chi connectivity index (χ4n) is 6.92. The Hall–Kier alpha value is -4.11. The van der Waals surface area contributed by atoms with E-state index >= 15 is 0 Å². The maximum atomic E-state index is 6.91. The van der Waals surface area contributed by atoms with Crippen LogP contribution in [0.3, 0.4) is 0 Å². The first kappa shape index (κ1) is 23.7. The lowest BCUT2D eigenvalue weighted by molar-refractivity contribution is 0.765. The first-order valence-electron chi connectivity index (χ1n) is 13.4. The molecule has 1 nitrogen and oxygen atoms in total. The summed E-state index contributed by atoms with van der Waals surface area (Å²) < 4.78 is 3.46. The highest BCUT2D eigenvalue weighted by Crippen LogP contribution is 2.60. The SMILES string of the molecule is Clc1ccccc1-n1c2ccccc2c2ccc3c(c21)-c1cccc(Br)c1C3(c1ccccc1)c1ccccc1. The van der Waals surface area contributed by atoms with Gasteiger partial charge in [-0.2, -0.15) is 0 Å². The molecule has 0 aliphatic heterocycles. The van der Waals surface area contributed by atoms with Crippen LogP contribution in [0.5, 0.6) is 0 Å². The summed E-state index contributed by atoms with van der Waals surface area (Å²) in [6.07, 6.45) is 0. The van der Waals surface area contributed by atoms with Crippen molar-refractivity contribution in [2.24, 2.45) is 0 Å². The maximum absolute atomic E-state index is 6.91. The Labute approximate surface area is 246 Å². The molecule has 190 valence electrons. The van der Waals surface area contributed by atoms with E-state index in [1.807, 2.05) is 12.1 Å². The van der Waals surface area contributed by atoms with Crippen LogP contribution in [0.15, 0.2) is 144 Å². The quantitative estimate of drug-likeness (QED) is 0.191. The van der Waals surface area contributed by atoms with Crippen LogP contribution in [-0.2, 0) is 5.41 Å². The van der Waals surface area contributed by atoms with Crippen LogP contribution >= 0.6 is 27.5 Å². The van der Waals surface area contributed by atoms with Gasteiger partial charge in [0.2, 0.25) is 0 Å². The first-order valence-corrected chi connectivity index (χ1v) is 14.6. The van der Waals surface area contributed by atoms with Gasteiger partial charge < -0.3 is 4.57 Å². The first-order chi connectivity index (χ1) is 19.7. The van der Waals surface area contributed by atoms with Gasteiger partial charge in [-0.1, -0.05) is 143 Å². The highest BCUT2D eigenvalue weighted by Gasteiger charge is 2.48. The minimum atomic E-state index is -0.497. The van der Waals surface area contributed by atoms with Crippen molar-refractivity contribution in [2.75, 3.05) is 0 Å². The fourth-order valence-corrected chi connectivity index (χ4v) is 7.80. The summed E-state index contributed by atoms with van der Waals surface area (Å²) in [6, 6.07) is 49.9. The van der Waals surface area contributed by atoms with Crippen molar-refractivity contribution in [1.82, 2.24) is 4.57 Å². The third-order valence-corrected chi connectivity index (χ3v) is 9.39. The van der Waals surface area contributed by atoms with E-state index in [1.165, 1.54) is 49.7 Å². The van der Waals surface area contributed by atoms with E-state index in [-0.39, 0.29) is 0 Å². The predicted octanol–water partition coefficient (Wildman–Crippen LogP) is 10.6. The van der Waals surface area contributed by atoms with Gasteiger partial charge in [0.05, 0.1) is 27.2 Å². The molecule has 0 saturated heterocycles. The van der Waals surface area contributed by atoms with Gasteiger partial charge in [-0.05, 0) is 52.1 Å². The molecule has 40 heavy (non-hydrogen) atoms. The number of fused-ring (bicyclic) bond motifs is 7. The van der Waals surface area contributed by atoms with E-state index in [1.54, 1.807) is 0 Å². The van der Waals surface area contributed by atoms with Gasteiger partial charge in [-0.15, -0.1) is 0 Å². The van der Waals surface area contributed by atoms with E-state index in [4.69, 9.17) is 11.6 Å². The molecule has 0 spiro atoms. The summed E-state index contributed by atoms with van der Waals surface area (Å²) >= 11 is 10.9. The van der Waals surface area contributed by atoms with Crippen LogP contribution in [0.25, 0.3) is 38.6 Å². The van der Waals surface area contributed by atoms with Crippen LogP contribution in [0.4, 0.5) is 0 Å². The average Bonchev–Trinajstić information content (AvgIpc) is 3.50. The molecule has 0 saturated carbocycles. The average molecular weight is 597 g/mol. The Kier molecular flexibility index (Phi) is 5.32. The lowest BCUT2D eigenvalue weighted by Crippen LogP contribution is -2.29. The van der Waals surface area contributed by atoms with Crippen molar-refractivity contribution in [3.8, 4) is 16.8 Å². The van der Waals surface area contributed by atoms with Gasteiger partial charge in [0.15, 0.2) is 0 Å². The molecule has 1 aliphatic carbocycles. The van der Waals surface area contributed by atoms with E-state index in [0.29, 0.717) is 0 Å². The second-order valence-corrected chi connectivity index (χ2v) is 11.6. The molecule has 1 aromatic heterocycles. The normalized spacial score (nSPS) is 13.4. The second kappa shape index (κ2) is 8.96. The zero-order chi connectivity index (χ0) is 26.8. The molecule has 0 amide bonds. The monoisotopic (exact) mass is 595 g/mol. The van der Waals surface area contributed by atoms with Crippen LogP contribution in [0, 0.1) is 0 Å². The lowest BCUT2D eigenvalue weighted by Gasteiger charge is -2.34. The van der Waals surface area contributed by atoms with E-state index < -0.39 is 5.41 Å². The molecule has 0 unspecified atom stereocenters. The Balaban J connectivity index is 1.65. The number of hydrogen-bond donors (Lipinski definition) is 0. The number of nitrogens with zero attached hydrogens (tertiary/aromatic N) is 1. The van der Waals surface area contributed by atoms with Crippen molar-refractivity contribution < 1.29 is 0 Å². The topological polar surface area (TPSA) is 4.93 Å².